The predicted octanol–water partition coefficient (Wildman–Crippen LogP) is 4.42. The van der Waals surface area contributed by atoms with E-state index in [4.69, 9.17) is 21.1 Å². The predicted molar refractivity (Wildman–Crippen MR) is 109 cm³/mol. The maximum atomic E-state index is 11.9. The van der Waals surface area contributed by atoms with Gasteiger partial charge in [-0.1, -0.05) is 23.7 Å². The van der Waals surface area contributed by atoms with Crippen molar-refractivity contribution in [3.8, 4) is 11.5 Å². The van der Waals surface area contributed by atoms with E-state index in [-0.39, 0.29) is 5.91 Å². The monoisotopic (exact) mass is 391 g/mol. The topological polar surface area (TPSA) is 47.6 Å². The van der Waals surface area contributed by atoms with E-state index in [2.05, 4.69) is 5.32 Å². The Morgan fingerprint density at radius 2 is 1.92 bits per heavy atom. The molecule has 0 aliphatic carbocycles. The molecule has 2 aromatic carbocycles. The van der Waals surface area contributed by atoms with Crippen LogP contribution in [-0.4, -0.2) is 32.4 Å². The first kappa shape index (κ1) is 20.2. The fourth-order valence-corrected chi connectivity index (χ4v) is 3.16. The third-order valence-corrected chi connectivity index (χ3v) is 4.86. The summed E-state index contributed by atoms with van der Waals surface area (Å²) in [5, 5.41) is 3.62. The fraction of sp³-hybridized carbons (Fsp3) is 0.250. The zero-order chi connectivity index (χ0) is 18.8. The van der Waals surface area contributed by atoms with E-state index in [1.165, 1.54) is 11.6 Å². The molecule has 0 heterocycles. The van der Waals surface area contributed by atoms with E-state index in [9.17, 15) is 4.79 Å². The largest absolute Gasteiger partial charge is 0.497 e. The fourth-order valence-electron chi connectivity index (χ4n) is 2.21. The zero-order valence-corrected chi connectivity index (χ0v) is 16.4. The summed E-state index contributed by atoms with van der Waals surface area (Å²) in [7, 11) is 3.20. The second-order valence-electron chi connectivity index (χ2n) is 5.41. The number of benzene rings is 2. The third kappa shape index (κ3) is 6.65. The van der Waals surface area contributed by atoms with Gasteiger partial charge in [-0.15, -0.1) is 0 Å². The SMILES string of the molecule is COc1ccc(OC)c(/C=C/C(=O)NCCSCc2ccc(Cl)cc2)c1. The Bertz CT molecular complexity index is 747. The number of carbonyl (C=O) groups is 1. The van der Waals surface area contributed by atoms with Crippen LogP contribution in [0.25, 0.3) is 6.08 Å². The summed E-state index contributed by atoms with van der Waals surface area (Å²) >= 11 is 7.63. The van der Waals surface area contributed by atoms with Crippen LogP contribution in [0.1, 0.15) is 11.1 Å². The number of methoxy groups -OCH3 is 2. The van der Waals surface area contributed by atoms with Crippen molar-refractivity contribution in [3.05, 3.63) is 64.7 Å². The van der Waals surface area contributed by atoms with Crippen LogP contribution >= 0.6 is 23.4 Å². The molecule has 0 atom stereocenters. The van der Waals surface area contributed by atoms with E-state index in [1.54, 1.807) is 32.1 Å². The van der Waals surface area contributed by atoms with Crippen molar-refractivity contribution >= 4 is 35.3 Å². The van der Waals surface area contributed by atoms with Gasteiger partial charge in [0.05, 0.1) is 14.2 Å². The van der Waals surface area contributed by atoms with Crippen LogP contribution in [0.4, 0.5) is 0 Å². The normalized spacial score (nSPS) is 10.7. The molecule has 26 heavy (non-hydrogen) atoms. The van der Waals surface area contributed by atoms with Crippen molar-refractivity contribution in [2.75, 3.05) is 26.5 Å². The Morgan fingerprint density at radius 1 is 1.15 bits per heavy atom. The number of thioether (sulfide) groups is 1. The minimum atomic E-state index is -0.137. The molecule has 0 bridgehead atoms. The molecule has 0 aliphatic rings. The standard InChI is InChI=1S/C20H22ClNO3S/c1-24-18-8-9-19(25-2)16(13-18)5-10-20(23)22-11-12-26-14-15-3-6-17(21)7-4-15/h3-10,13H,11-12,14H2,1-2H3,(H,22,23)/b10-5+. The molecule has 0 aliphatic heterocycles. The first-order valence-electron chi connectivity index (χ1n) is 8.12. The Kier molecular flexibility index (Phi) is 8.38. The minimum Gasteiger partial charge on any atom is -0.497 e. The van der Waals surface area contributed by atoms with Gasteiger partial charge in [0.15, 0.2) is 0 Å². The number of rotatable bonds is 9. The van der Waals surface area contributed by atoms with Gasteiger partial charge >= 0.3 is 0 Å². The summed E-state index contributed by atoms with van der Waals surface area (Å²) < 4.78 is 10.5. The summed E-state index contributed by atoms with van der Waals surface area (Å²) in [5.74, 6) is 2.99. The Balaban J connectivity index is 1.74. The maximum Gasteiger partial charge on any atom is 0.244 e. The molecule has 1 N–H and O–H groups in total. The van der Waals surface area contributed by atoms with Crippen LogP contribution in [0, 0.1) is 0 Å². The van der Waals surface area contributed by atoms with Crippen molar-refractivity contribution in [1.29, 1.82) is 0 Å². The molecule has 0 fully saturated rings. The summed E-state index contributed by atoms with van der Waals surface area (Å²) in [6.45, 7) is 0.608. The zero-order valence-electron chi connectivity index (χ0n) is 14.8. The highest BCUT2D eigenvalue weighted by Crippen LogP contribution is 2.25. The van der Waals surface area contributed by atoms with Crippen LogP contribution in [0.15, 0.2) is 48.5 Å². The summed E-state index contributed by atoms with van der Waals surface area (Å²) in [5.41, 5.74) is 2.01. The van der Waals surface area contributed by atoms with Crippen LogP contribution in [-0.2, 0) is 10.5 Å². The third-order valence-electron chi connectivity index (χ3n) is 3.58. The summed E-state index contributed by atoms with van der Waals surface area (Å²) in [4.78, 5) is 11.9. The van der Waals surface area contributed by atoms with Crippen molar-refractivity contribution in [1.82, 2.24) is 5.32 Å². The van der Waals surface area contributed by atoms with Crippen LogP contribution in [0.2, 0.25) is 5.02 Å². The molecule has 4 nitrogen and oxygen atoms in total. The Morgan fingerprint density at radius 3 is 2.62 bits per heavy atom. The van der Waals surface area contributed by atoms with Gasteiger partial charge in [0.2, 0.25) is 5.91 Å². The second-order valence-corrected chi connectivity index (χ2v) is 6.95. The molecule has 138 valence electrons. The smallest absolute Gasteiger partial charge is 0.244 e. The number of nitrogens with one attached hydrogen (secondary N) is 1. The van der Waals surface area contributed by atoms with Crippen molar-refractivity contribution in [2.45, 2.75) is 5.75 Å². The van der Waals surface area contributed by atoms with Crippen molar-refractivity contribution < 1.29 is 14.3 Å². The maximum absolute atomic E-state index is 11.9. The molecule has 0 saturated carbocycles. The molecule has 0 saturated heterocycles. The lowest BCUT2D eigenvalue weighted by molar-refractivity contribution is -0.116. The first-order valence-corrected chi connectivity index (χ1v) is 9.66. The molecular formula is C20H22ClNO3S. The van der Waals surface area contributed by atoms with Gasteiger partial charge < -0.3 is 14.8 Å². The molecule has 0 unspecified atom stereocenters. The van der Waals surface area contributed by atoms with Crippen molar-refractivity contribution in [2.24, 2.45) is 0 Å². The molecule has 0 aromatic heterocycles. The molecular weight excluding hydrogens is 370 g/mol. The van der Waals surface area contributed by atoms with E-state index in [0.717, 1.165) is 22.1 Å². The second kappa shape index (κ2) is 10.8. The molecule has 1 amide bonds. The lowest BCUT2D eigenvalue weighted by Gasteiger charge is -2.07. The Hall–Kier alpha value is -2.11. The van der Waals surface area contributed by atoms with Crippen LogP contribution < -0.4 is 14.8 Å². The minimum absolute atomic E-state index is 0.137. The highest BCUT2D eigenvalue weighted by atomic mass is 35.5. The molecule has 2 rings (SSSR count). The van der Waals surface area contributed by atoms with E-state index in [0.29, 0.717) is 18.0 Å². The lowest BCUT2D eigenvalue weighted by Crippen LogP contribution is -2.23. The van der Waals surface area contributed by atoms with Crippen LogP contribution in [0.5, 0.6) is 11.5 Å². The van der Waals surface area contributed by atoms with Gasteiger partial charge in [-0.3, -0.25) is 4.79 Å². The molecule has 0 spiro atoms. The highest BCUT2D eigenvalue weighted by molar-refractivity contribution is 7.98. The molecule has 0 radical (unpaired) electrons. The molecule has 6 heteroatoms. The van der Waals surface area contributed by atoms with Gasteiger partial charge in [-0.25, -0.2) is 0 Å². The number of halogens is 1. The number of carbonyl (C=O) groups excluding carboxylic acids is 1. The van der Waals surface area contributed by atoms with Crippen LogP contribution in [0.3, 0.4) is 0 Å². The quantitative estimate of drug-likeness (QED) is 0.507. The van der Waals surface area contributed by atoms with E-state index in [1.807, 2.05) is 42.5 Å². The number of hydrogen-bond donors (Lipinski definition) is 1. The van der Waals surface area contributed by atoms with Crippen molar-refractivity contribution in [3.63, 3.8) is 0 Å². The lowest BCUT2D eigenvalue weighted by atomic mass is 10.1. The van der Waals surface area contributed by atoms with Gasteiger partial charge in [-0.05, 0) is 42.0 Å². The average molecular weight is 392 g/mol. The number of hydrogen-bond acceptors (Lipinski definition) is 4. The highest BCUT2D eigenvalue weighted by Gasteiger charge is 2.03. The van der Waals surface area contributed by atoms with E-state index < -0.39 is 0 Å². The summed E-state index contributed by atoms with van der Waals surface area (Å²) in [6, 6.07) is 13.2. The first-order chi connectivity index (χ1) is 12.6. The molecule has 2 aromatic rings. The van der Waals surface area contributed by atoms with E-state index >= 15 is 0 Å². The summed E-state index contributed by atoms with van der Waals surface area (Å²) in [6.07, 6.45) is 3.22. The Labute approximate surface area is 163 Å². The van der Waals surface area contributed by atoms with Gasteiger partial charge in [0, 0.05) is 34.7 Å². The number of amides is 1. The van der Waals surface area contributed by atoms with Gasteiger partial charge in [-0.2, -0.15) is 11.8 Å². The van der Waals surface area contributed by atoms with Gasteiger partial charge in [0.25, 0.3) is 0 Å². The van der Waals surface area contributed by atoms with Gasteiger partial charge in [0.1, 0.15) is 11.5 Å². The average Bonchev–Trinajstić information content (AvgIpc) is 2.67. The number of ether oxygens (including phenoxy) is 2.